The Kier molecular flexibility index (Phi) is 3.66. The molecule has 2 N–H and O–H groups in total. The van der Waals surface area contributed by atoms with E-state index >= 15 is 0 Å². The minimum absolute atomic E-state index is 0.0722. The van der Waals surface area contributed by atoms with E-state index < -0.39 is 0 Å². The van der Waals surface area contributed by atoms with Crippen molar-refractivity contribution in [1.29, 1.82) is 0 Å². The van der Waals surface area contributed by atoms with E-state index in [2.05, 4.69) is 0 Å². The Balaban J connectivity index is 2.41. The van der Waals surface area contributed by atoms with Crippen LogP contribution in [0.25, 0.3) is 0 Å². The number of morpholine rings is 1. The summed E-state index contributed by atoms with van der Waals surface area (Å²) in [6.45, 7) is 2.84. The fourth-order valence-electron chi connectivity index (χ4n) is 1.99. The highest BCUT2D eigenvalue weighted by atomic mass is 35.5. The summed E-state index contributed by atoms with van der Waals surface area (Å²) in [5.74, 6) is -0.0722. The topological polar surface area (TPSA) is 55.6 Å². The molecule has 1 aromatic rings. The van der Waals surface area contributed by atoms with Crippen molar-refractivity contribution in [2.24, 2.45) is 5.73 Å². The van der Waals surface area contributed by atoms with Crippen molar-refractivity contribution in [3.05, 3.63) is 28.8 Å². The van der Waals surface area contributed by atoms with Gasteiger partial charge in [-0.2, -0.15) is 0 Å². The zero-order valence-corrected chi connectivity index (χ0v) is 10.4. The van der Waals surface area contributed by atoms with Crippen LogP contribution in [0.15, 0.2) is 18.2 Å². The molecule has 1 aliphatic rings. The molecule has 1 amide bonds. The molecule has 1 aromatic carbocycles. The molecule has 1 unspecified atom stereocenters. The molecule has 92 valence electrons. The molecule has 0 aliphatic carbocycles. The van der Waals surface area contributed by atoms with Crippen LogP contribution in [-0.2, 0) is 9.53 Å². The Morgan fingerprint density at radius 2 is 2.35 bits per heavy atom. The summed E-state index contributed by atoms with van der Waals surface area (Å²) in [4.78, 5) is 13.6. The fourth-order valence-corrected chi connectivity index (χ4v) is 2.16. The Morgan fingerprint density at radius 3 is 3.06 bits per heavy atom. The van der Waals surface area contributed by atoms with Crippen molar-refractivity contribution in [3.63, 3.8) is 0 Å². The number of hydrogen-bond donors (Lipinski definition) is 1. The molecular weight excluding hydrogens is 240 g/mol. The zero-order chi connectivity index (χ0) is 12.4. The monoisotopic (exact) mass is 254 g/mol. The molecule has 1 heterocycles. The highest BCUT2D eigenvalue weighted by Crippen LogP contribution is 2.29. The first-order chi connectivity index (χ1) is 8.15. The molecule has 17 heavy (non-hydrogen) atoms. The summed E-state index contributed by atoms with van der Waals surface area (Å²) in [5, 5.41) is 0.651. The van der Waals surface area contributed by atoms with Gasteiger partial charge in [-0.3, -0.25) is 4.79 Å². The number of amides is 1. The molecule has 2 rings (SSSR count). The Morgan fingerprint density at radius 1 is 1.59 bits per heavy atom. The van der Waals surface area contributed by atoms with Gasteiger partial charge in [-0.05, 0) is 24.6 Å². The number of hydrogen-bond acceptors (Lipinski definition) is 3. The highest BCUT2D eigenvalue weighted by Gasteiger charge is 2.30. The SMILES string of the molecule is Cc1c(Cl)cccc1N1C(=O)COCC1CN. The second-order valence-corrected chi connectivity index (χ2v) is 4.46. The number of rotatable bonds is 2. The van der Waals surface area contributed by atoms with E-state index in [4.69, 9.17) is 22.1 Å². The van der Waals surface area contributed by atoms with Gasteiger partial charge in [0, 0.05) is 17.3 Å². The molecule has 1 aliphatic heterocycles. The van der Waals surface area contributed by atoms with Gasteiger partial charge in [0.05, 0.1) is 12.6 Å². The Labute approximate surface area is 105 Å². The molecule has 1 atom stereocenters. The predicted octanol–water partition coefficient (Wildman–Crippen LogP) is 1.34. The van der Waals surface area contributed by atoms with Crippen molar-refractivity contribution in [3.8, 4) is 0 Å². The molecule has 0 saturated carbocycles. The van der Waals surface area contributed by atoms with Gasteiger partial charge in [-0.15, -0.1) is 0 Å². The maximum absolute atomic E-state index is 11.9. The van der Waals surface area contributed by atoms with E-state index in [1.807, 2.05) is 25.1 Å². The molecule has 0 aromatic heterocycles. The third kappa shape index (κ3) is 2.29. The van der Waals surface area contributed by atoms with E-state index in [0.29, 0.717) is 18.2 Å². The van der Waals surface area contributed by atoms with Crippen LogP contribution in [0.4, 0.5) is 5.69 Å². The highest BCUT2D eigenvalue weighted by molar-refractivity contribution is 6.31. The lowest BCUT2D eigenvalue weighted by atomic mass is 10.1. The first-order valence-corrected chi connectivity index (χ1v) is 5.88. The predicted molar refractivity (Wildman–Crippen MR) is 67.3 cm³/mol. The van der Waals surface area contributed by atoms with Crippen LogP contribution in [0.5, 0.6) is 0 Å². The van der Waals surface area contributed by atoms with E-state index in [0.717, 1.165) is 11.3 Å². The average molecular weight is 255 g/mol. The maximum atomic E-state index is 11.9. The summed E-state index contributed by atoms with van der Waals surface area (Å²) in [6, 6.07) is 5.41. The molecule has 4 nitrogen and oxygen atoms in total. The number of benzene rings is 1. The van der Waals surface area contributed by atoms with Gasteiger partial charge in [0.15, 0.2) is 0 Å². The normalized spacial score (nSPS) is 20.8. The van der Waals surface area contributed by atoms with Gasteiger partial charge < -0.3 is 15.4 Å². The number of halogens is 1. The number of ether oxygens (including phenoxy) is 1. The van der Waals surface area contributed by atoms with E-state index in [9.17, 15) is 4.79 Å². The van der Waals surface area contributed by atoms with Crippen molar-refractivity contribution < 1.29 is 9.53 Å². The zero-order valence-electron chi connectivity index (χ0n) is 9.65. The molecule has 1 fully saturated rings. The minimum Gasteiger partial charge on any atom is -0.369 e. The number of anilines is 1. The first-order valence-electron chi connectivity index (χ1n) is 5.50. The number of nitrogens with zero attached hydrogens (tertiary/aromatic N) is 1. The molecule has 0 bridgehead atoms. The van der Waals surface area contributed by atoms with Gasteiger partial charge in [-0.25, -0.2) is 0 Å². The third-order valence-corrected chi connectivity index (χ3v) is 3.35. The number of nitrogens with two attached hydrogens (primary N) is 1. The number of carbonyl (C=O) groups excluding carboxylic acids is 1. The van der Waals surface area contributed by atoms with Crippen molar-refractivity contribution in [2.75, 3.05) is 24.7 Å². The maximum Gasteiger partial charge on any atom is 0.253 e. The van der Waals surface area contributed by atoms with E-state index in [1.165, 1.54) is 0 Å². The van der Waals surface area contributed by atoms with Crippen LogP contribution >= 0.6 is 11.6 Å². The lowest BCUT2D eigenvalue weighted by molar-refractivity contribution is -0.127. The summed E-state index contributed by atoms with van der Waals surface area (Å²) in [7, 11) is 0. The lowest BCUT2D eigenvalue weighted by Crippen LogP contribution is -2.53. The van der Waals surface area contributed by atoms with E-state index in [-0.39, 0.29) is 18.6 Å². The second-order valence-electron chi connectivity index (χ2n) is 4.05. The largest absolute Gasteiger partial charge is 0.369 e. The van der Waals surface area contributed by atoms with Gasteiger partial charge in [0.25, 0.3) is 5.91 Å². The van der Waals surface area contributed by atoms with Crippen LogP contribution in [0.2, 0.25) is 5.02 Å². The molecule has 1 saturated heterocycles. The van der Waals surface area contributed by atoms with Crippen LogP contribution in [0.1, 0.15) is 5.56 Å². The summed E-state index contributed by atoms with van der Waals surface area (Å²) >= 11 is 6.07. The standard InChI is InChI=1S/C12H15ClN2O2/c1-8-10(13)3-2-4-11(8)15-9(5-14)6-17-7-12(15)16/h2-4,9H,5-7,14H2,1H3. The summed E-state index contributed by atoms with van der Waals surface area (Å²) < 4.78 is 5.20. The summed E-state index contributed by atoms with van der Waals surface area (Å²) in [5.41, 5.74) is 7.39. The van der Waals surface area contributed by atoms with Crippen LogP contribution in [0, 0.1) is 6.92 Å². The van der Waals surface area contributed by atoms with Gasteiger partial charge in [0.1, 0.15) is 6.61 Å². The third-order valence-electron chi connectivity index (χ3n) is 2.94. The number of carbonyl (C=O) groups is 1. The molecule has 5 heteroatoms. The van der Waals surface area contributed by atoms with Gasteiger partial charge in [0.2, 0.25) is 0 Å². The Bertz CT molecular complexity index is 437. The quantitative estimate of drug-likeness (QED) is 0.867. The smallest absolute Gasteiger partial charge is 0.253 e. The van der Waals surface area contributed by atoms with Crippen LogP contribution in [-0.4, -0.2) is 31.7 Å². The first kappa shape index (κ1) is 12.4. The van der Waals surface area contributed by atoms with Gasteiger partial charge >= 0.3 is 0 Å². The molecular formula is C12H15ClN2O2. The minimum atomic E-state index is -0.117. The van der Waals surface area contributed by atoms with Crippen LogP contribution < -0.4 is 10.6 Å². The van der Waals surface area contributed by atoms with Crippen molar-refractivity contribution in [1.82, 2.24) is 0 Å². The van der Waals surface area contributed by atoms with Crippen LogP contribution in [0.3, 0.4) is 0 Å². The Hall–Kier alpha value is -1.10. The van der Waals surface area contributed by atoms with Crippen molar-refractivity contribution >= 4 is 23.2 Å². The fraction of sp³-hybridized carbons (Fsp3) is 0.417. The second kappa shape index (κ2) is 5.04. The lowest BCUT2D eigenvalue weighted by Gasteiger charge is -2.35. The summed E-state index contributed by atoms with van der Waals surface area (Å²) in [6.07, 6.45) is 0. The molecule has 0 spiro atoms. The molecule has 0 radical (unpaired) electrons. The van der Waals surface area contributed by atoms with E-state index in [1.54, 1.807) is 4.90 Å². The van der Waals surface area contributed by atoms with Crippen molar-refractivity contribution in [2.45, 2.75) is 13.0 Å². The van der Waals surface area contributed by atoms with Gasteiger partial charge in [-0.1, -0.05) is 17.7 Å². The average Bonchev–Trinajstić information content (AvgIpc) is 2.33.